The maximum absolute atomic E-state index is 12.5. The number of carbonyl (C=O) groups excluding carboxylic acids is 2. The number of phenolic OH excluding ortho intramolecular Hbond substituents is 1. The highest BCUT2D eigenvalue weighted by molar-refractivity contribution is 9.10. The average molecular weight is 392 g/mol. The van der Waals surface area contributed by atoms with Gasteiger partial charge in [-0.2, -0.15) is 0 Å². The Balaban J connectivity index is 1.96. The second-order valence-corrected chi connectivity index (χ2v) is 6.79. The highest BCUT2D eigenvalue weighted by Crippen LogP contribution is 2.44. The predicted octanol–water partition coefficient (Wildman–Crippen LogP) is 1.55. The molecule has 3 aliphatic rings. The number of hydrogen-bond donors (Lipinski definition) is 2. The monoisotopic (exact) mass is 391 g/mol. The molecule has 3 heterocycles. The van der Waals surface area contributed by atoms with Crippen LogP contribution in [0.25, 0.3) is 0 Å². The molecular formula is C17H14BrNO5. The molecule has 0 spiro atoms. The Kier molecular flexibility index (Phi) is 3.79. The number of Topliss-reactive ketones (excluding diaryl/α,β-unsaturated/α-hetero) is 2. The van der Waals surface area contributed by atoms with Crippen LogP contribution in [0, 0.1) is 0 Å². The van der Waals surface area contributed by atoms with Crippen LogP contribution in [0.15, 0.2) is 45.2 Å². The number of halogens is 1. The quantitative estimate of drug-likeness (QED) is 0.755. The molecule has 0 saturated heterocycles. The number of phenols is 1. The molecule has 0 saturated carbocycles. The first-order valence-corrected chi connectivity index (χ1v) is 8.29. The van der Waals surface area contributed by atoms with E-state index >= 15 is 0 Å². The number of ketones is 2. The molecule has 3 aliphatic heterocycles. The third-order valence-electron chi connectivity index (χ3n) is 4.39. The number of benzene rings is 1. The van der Waals surface area contributed by atoms with Crippen LogP contribution in [0.5, 0.6) is 5.75 Å². The number of carbonyl (C=O) groups is 2. The Morgan fingerprint density at radius 1 is 1.00 bits per heavy atom. The van der Waals surface area contributed by atoms with Crippen molar-refractivity contribution < 1.29 is 24.2 Å². The van der Waals surface area contributed by atoms with Gasteiger partial charge >= 0.3 is 0 Å². The van der Waals surface area contributed by atoms with Gasteiger partial charge in [-0.3, -0.25) is 9.59 Å². The third kappa shape index (κ3) is 2.40. The second-order valence-electron chi connectivity index (χ2n) is 5.88. The minimum Gasteiger partial charge on any atom is -0.508 e. The first-order valence-electron chi connectivity index (χ1n) is 7.49. The number of hydrogen-bond acceptors (Lipinski definition) is 6. The summed E-state index contributed by atoms with van der Waals surface area (Å²) in [6, 6.07) is 5.00. The Morgan fingerprint density at radius 3 is 2.17 bits per heavy atom. The Morgan fingerprint density at radius 2 is 1.58 bits per heavy atom. The molecule has 4 rings (SSSR count). The molecule has 1 aromatic carbocycles. The highest BCUT2D eigenvalue weighted by Gasteiger charge is 2.41. The Hall–Kier alpha value is -1.96. The van der Waals surface area contributed by atoms with Gasteiger partial charge in [-0.1, -0.05) is 15.9 Å². The van der Waals surface area contributed by atoms with Crippen molar-refractivity contribution in [3.8, 4) is 5.75 Å². The van der Waals surface area contributed by atoms with E-state index in [0.29, 0.717) is 28.1 Å². The largest absolute Gasteiger partial charge is 0.508 e. The van der Waals surface area contributed by atoms with E-state index in [1.807, 2.05) is 0 Å². The van der Waals surface area contributed by atoms with Gasteiger partial charge in [-0.05, 0) is 18.2 Å². The number of dihydropyridines is 1. The van der Waals surface area contributed by atoms with Gasteiger partial charge in [-0.25, -0.2) is 0 Å². The molecule has 7 heteroatoms. The zero-order valence-electron chi connectivity index (χ0n) is 12.6. The topological polar surface area (TPSA) is 84.9 Å². The maximum Gasteiger partial charge on any atom is 0.187 e. The lowest BCUT2D eigenvalue weighted by atomic mass is 9.76. The van der Waals surface area contributed by atoms with Crippen LogP contribution in [0.4, 0.5) is 0 Å². The lowest BCUT2D eigenvalue weighted by Gasteiger charge is -2.37. The first-order chi connectivity index (χ1) is 11.6. The van der Waals surface area contributed by atoms with E-state index in [4.69, 9.17) is 9.47 Å². The number of ether oxygens (including phenoxy) is 2. The lowest BCUT2D eigenvalue weighted by molar-refractivity contribution is -0.122. The van der Waals surface area contributed by atoms with Crippen LogP contribution in [-0.4, -0.2) is 43.1 Å². The average Bonchev–Trinajstić information content (AvgIpc) is 2.56. The van der Waals surface area contributed by atoms with Gasteiger partial charge in [-0.15, -0.1) is 0 Å². The smallest absolute Gasteiger partial charge is 0.187 e. The van der Waals surface area contributed by atoms with E-state index in [-0.39, 0.29) is 43.7 Å². The molecule has 124 valence electrons. The zero-order valence-corrected chi connectivity index (χ0v) is 14.2. The molecule has 24 heavy (non-hydrogen) atoms. The molecule has 1 aromatic rings. The molecule has 0 bridgehead atoms. The van der Waals surface area contributed by atoms with E-state index in [0.717, 1.165) is 4.47 Å². The summed E-state index contributed by atoms with van der Waals surface area (Å²) >= 11 is 3.39. The molecule has 6 nitrogen and oxygen atoms in total. The molecule has 0 radical (unpaired) electrons. The molecule has 2 N–H and O–H groups in total. The van der Waals surface area contributed by atoms with Crippen molar-refractivity contribution in [2.24, 2.45) is 0 Å². The molecule has 0 aromatic heterocycles. The fourth-order valence-electron chi connectivity index (χ4n) is 3.41. The summed E-state index contributed by atoms with van der Waals surface area (Å²) in [5.74, 6) is -0.929. The summed E-state index contributed by atoms with van der Waals surface area (Å²) in [5.41, 5.74) is 2.77. The highest BCUT2D eigenvalue weighted by atomic mass is 79.9. The minimum atomic E-state index is -0.610. The molecular weight excluding hydrogens is 378 g/mol. The summed E-state index contributed by atoms with van der Waals surface area (Å²) in [7, 11) is 0. The van der Waals surface area contributed by atoms with Crippen molar-refractivity contribution in [2.45, 2.75) is 5.92 Å². The number of nitrogens with one attached hydrogen (secondary N) is 1. The van der Waals surface area contributed by atoms with Crippen LogP contribution in [0.2, 0.25) is 0 Å². The SMILES string of the molecule is O=C1COCC2=C1C(c1cc(Br)ccc1O)C1=C(COCC1=O)N2. The first kappa shape index (κ1) is 15.6. The normalized spacial score (nSPS) is 21.5. The van der Waals surface area contributed by atoms with Gasteiger partial charge in [0.25, 0.3) is 0 Å². The van der Waals surface area contributed by atoms with Crippen LogP contribution >= 0.6 is 15.9 Å². The van der Waals surface area contributed by atoms with E-state index in [2.05, 4.69) is 21.2 Å². The van der Waals surface area contributed by atoms with Crippen molar-refractivity contribution >= 4 is 27.5 Å². The summed E-state index contributed by atoms with van der Waals surface area (Å²) in [5, 5.41) is 13.5. The minimum absolute atomic E-state index is 0.0287. The van der Waals surface area contributed by atoms with E-state index < -0.39 is 5.92 Å². The molecule has 0 atom stereocenters. The number of aromatic hydroxyl groups is 1. The summed E-state index contributed by atoms with van der Waals surface area (Å²) in [6.07, 6.45) is 0. The van der Waals surface area contributed by atoms with Crippen molar-refractivity contribution in [3.63, 3.8) is 0 Å². The molecule has 0 unspecified atom stereocenters. The van der Waals surface area contributed by atoms with Gasteiger partial charge in [0.1, 0.15) is 19.0 Å². The Labute approximate surface area is 146 Å². The predicted molar refractivity (Wildman–Crippen MR) is 87.4 cm³/mol. The van der Waals surface area contributed by atoms with Gasteiger partial charge in [0.15, 0.2) is 11.6 Å². The van der Waals surface area contributed by atoms with Crippen LogP contribution in [0.1, 0.15) is 11.5 Å². The van der Waals surface area contributed by atoms with Crippen molar-refractivity contribution in [2.75, 3.05) is 26.4 Å². The summed E-state index contributed by atoms with van der Waals surface area (Å²) in [6.45, 7) is 0.465. The van der Waals surface area contributed by atoms with E-state index in [1.54, 1.807) is 18.2 Å². The Bertz CT molecular complexity index is 784. The van der Waals surface area contributed by atoms with Crippen molar-refractivity contribution in [1.29, 1.82) is 0 Å². The van der Waals surface area contributed by atoms with Gasteiger partial charge in [0, 0.05) is 38.5 Å². The maximum atomic E-state index is 12.5. The van der Waals surface area contributed by atoms with E-state index in [9.17, 15) is 14.7 Å². The van der Waals surface area contributed by atoms with Crippen LogP contribution in [0.3, 0.4) is 0 Å². The zero-order chi connectivity index (χ0) is 16.8. The standard InChI is InChI=1S/C17H14BrNO5/c18-8-1-2-12(20)9(3-8)15-16-10(4-23-6-13(16)21)19-11-5-24-7-14(22)17(11)15/h1-3,15,19-20H,4-7H2. The van der Waals surface area contributed by atoms with Crippen molar-refractivity contribution in [1.82, 2.24) is 5.32 Å². The molecule has 0 amide bonds. The fourth-order valence-corrected chi connectivity index (χ4v) is 3.79. The number of rotatable bonds is 1. The van der Waals surface area contributed by atoms with Gasteiger partial charge in [0.2, 0.25) is 0 Å². The third-order valence-corrected chi connectivity index (χ3v) is 4.88. The van der Waals surface area contributed by atoms with Gasteiger partial charge in [0.05, 0.1) is 13.2 Å². The molecule has 0 fully saturated rings. The van der Waals surface area contributed by atoms with Crippen LogP contribution in [-0.2, 0) is 19.1 Å². The van der Waals surface area contributed by atoms with Crippen molar-refractivity contribution in [3.05, 3.63) is 50.8 Å². The lowest BCUT2D eigenvalue weighted by Crippen LogP contribution is -2.42. The summed E-state index contributed by atoms with van der Waals surface area (Å²) < 4.78 is 11.4. The molecule has 0 aliphatic carbocycles. The van der Waals surface area contributed by atoms with Crippen LogP contribution < -0.4 is 5.32 Å². The van der Waals surface area contributed by atoms with E-state index in [1.165, 1.54) is 0 Å². The summed E-state index contributed by atoms with van der Waals surface area (Å²) in [4.78, 5) is 25.0. The fraction of sp³-hybridized carbons (Fsp3) is 0.294. The van der Waals surface area contributed by atoms with Gasteiger partial charge < -0.3 is 19.9 Å². The second kappa shape index (κ2) is 5.84.